The van der Waals surface area contributed by atoms with Gasteiger partial charge < -0.3 is 5.32 Å². The SMILES string of the molecule is CNCCc1cnc(-c2ccc(Br)cc2)s1. The molecule has 4 heteroatoms. The van der Waals surface area contributed by atoms with Gasteiger partial charge in [0.15, 0.2) is 0 Å². The molecule has 16 heavy (non-hydrogen) atoms. The second-order valence-electron chi connectivity index (χ2n) is 3.49. The summed E-state index contributed by atoms with van der Waals surface area (Å²) < 4.78 is 1.10. The van der Waals surface area contributed by atoms with Crippen LogP contribution < -0.4 is 5.32 Å². The maximum atomic E-state index is 4.44. The van der Waals surface area contributed by atoms with Crippen LogP contribution in [0.4, 0.5) is 0 Å². The monoisotopic (exact) mass is 296 g/mol. The highest BCUT2D eigenvalue weighted by Crippen LogP contribution is 2.26. The number of benzene rings is 1. The molecule has 0 radical (unpaired) electrons. The van der Waals surface area contributed by atoms with E-state index in [-0.39, 0.29) is 0 Å². The molecule has 0 atom stereocenters. The van der Waals surface area contributed by atoms with E-state index >= 15 is 0 Å². The average Bonchev–Trinajstić information content (AvgIpc) is 2.76. The van der Waals surface area contributed by atoms with Gasteiger partial charge in [0, 0.05) is 21.1 Å². The number of aromatic nitrogens is 1. The fourth-order valence-corrected chi connectivity index (χ4v) is 2.58. The van der Waals surface area contributed by atoms with Gasteiger partial charge in [-0.2, -0.15) is 0 Å². The van der Waals surface area contributed by atoms with Crippen LogP contribution in [-0.4, -0.2) is 18.6 Å². The molecule has 0 fully saturated rings. The molecule has 0 saturated carbocycles. The number of nitrogens with one attached hydrogen (secondary N) is 1. The van der Waals surface area contributed by atoms with Gasteiger partial charge >= 0.3 is 0 Å². The average molecular weight is 297 g/mol. The number of halogens is 1. The van der Waals surface area contributed by atoms with E-state index < -0.39 is 0 Å². The fourth-order valence-electron chi connectivity index (χ4n) is 1.40. The van der Waals surface area contributed by atoms with Crippen molar-refractivity contribution in [1.82, 2.24) is 10.3 Å². The highest BCUT2D eigenvalue weighted by Gasteiger charge is 2.04. The standard InChI is InChI=1S/C12H13BrN2S/c1-14-7-6-11-8-15-12(16-11)9-2-4-10(13)5-3-9/h2-5,8,14H,6-7H2,1H3. The van der Waals surface area contributed by atoms with Crippen molar-refractivity contribution in [3.8, 4) is 10.6 Å². The van der Waals surface area contributed by atoms with Crippen LogP contribution in [0.3, 0.4) is 0 Å². The quantitative estimate of drug-likeness (QED) is 0.936. The highest BCUT2D eigenvalue weighted by molar-refractivity contribution is 9.10. The van der Waals surface area contributed by atoms with Gasteiger partial charge in [0.25, 0.3) is 0 Å². The summed E-state index contributed by atoms with van der Waals surface area (Å²) >= 11 is 5.20. The summed E-state index contributed by atoms with van der Waals surface area (Å²) in [7, 11) is 1.97. The van der Waals surface area contributed by atoms with Crippen molar-refractivity contribution in [3.63, 3.8) is 0 Å². The van der Waals surface area contributed by atoms with Crippen molar-refractivity contribution in [2.75, 3.05) is 13.6 Å². The lowest BCUT2D eigenvalue weighted by atomic mass is 10.2. The number of rotatable bonds is 4. The van der Waals surface area contributed by atoms with E-state index in [9.17, 15) is 0 Å². The number of hydrogen-bond donors (Lipinski definition) is 1. The van der Waals surface area contributed by atoms with Crippen LogP contribution in [0.25, 0.3) is 10.6 Å². The Labute approximate surface area is 108 Å². The van der Waals surface area contributed by atoms with E-state index in [1.807, 2.05) is 25.4 Å². The van der Waals surface area contributed by atoms with Crippen LogP contribution >= 0.6 is 27.3 Å². The largest absolute Gasteiger partial charge is 0.319 e. The molecule has 1 aromatic carbocycles. The molecule has 1 heterocycles. The van der Waals surface area contributed by atoms with Gasteiger partial charge in [-0.1, -0.05) is 28.1 Å². The van der Waals surface area contributed by atoms with Crippen LogP contribution in [0.1, 0.15) is 4.88 Å². The van der Waals surface area contributed by atoms with Crippen molar-refractivity contribution in [2.45, 2.75) is 6.42 Å². The van der Waals surface area contributed by atoms with Crippen LogP contribution in [0, 0.1) is 0 Å². The lowest BCUT2D eigenvalue weighted by Gasteiger charge is -1.96. The zero-order valence-electron chi connectivity index (χ0n) is 9.03. The Hall–Kier alpha value is -0.710. The second-order valence-corrected chi connectivity index (χ2v) is 5.52. The Morgan fingerprint density at radius 3 is 2.75 bits per heavy atom. The van der Waals surface area contributed by atoms with Gasteiger partial charge in [-0.25, -0.2) is 4.98 Å². The molecule has 0 aliphatic heterocycles. The molecule has 0 saturated heterocycles. The van der Waals surface area contributed by atoms with Crippen molar-refractivity contribution in [1.29, 1.82) is 0 Å². The number of hydrogen-bond acceptors (Lipinski definition) is 3. The van der Waals surface area contributed by atoms with E-state index in [1.54, 1.807) is 11.3 Å². The summed E-state index contributed by atoms with van der Waals surface area (Å²) in [6, 6.07) is 8.27. The van der Waals surface area contributed by atoms with E-state index in [0.29, 0.717) is 0 Å². The van der Waals surface area contributed by atoms with Crippen LogP contribution in [-0.2, 0) is 6.42 Å². The normalized spacial score (nSPS) is 10.6. The number of likely N-dealkylation sites (N-methyl/N-ethyl adjacent to an activating group) is 1. The first-order chi connectivity index (χ1) is 7.79. The molecule has 0 aliphatic carbocycles. The van der Waals surface area contributed by atoms with Gasteiger partial charge in [-0.3, -0.25) is 0 Å². The molecule has 0 unspecified atom stereocenters. The smallest absolute Gasteiger partial charge is 0.123 e. The van der Waals surface area contributed by atoms with Gasteiger partial charge in [-0.05, 0) is 32.1 Å². The van der Waals surface area contributed by atoms with Gasteiger partial charge in [0.2, 0.25) is 0 Å². The summed E-state index contributed by atoms with van der Waals surface area (Å²) in [6.45, 7) is 1.00. The highest BCUT2D eigenvalue weighted by atomic mass is 79.9. The Kier molecular flexibility index (Phi) is 4.09. The lowest BCUT2D eigenvalue weighted by molar-refractivity contribution is 0.798. The minimum Gasteiger partial charge on any atom is -0.319 e. The van der Waals surface area contributed by atoms with Gasteiger partial charge in [-0.15, -0.1) is 11.3 Å². The maximum Gasteiger partial charge on any atom is 0.123 e. The zero-order valence-corrected chi connectivity index (χ0v) is 11.4. The summed E-state index contributed by atoms with van der Waals surface area (Å²) in [5.41, 5.74) is 1.18. The number of thiazole rings is 1. The topological polar surface area (TPSA) is 24.9 Å². The molecule has 0 amide bonds. The van der Waals surface area contributed by atoms with Crippen LogP contribution in [0.15, 0.2) is 34.9 Å². The molecule has 1 N–H and O–H groups in total. The van der Waals surface area contributed by atoms with E-state index in [2.05, 4.69) is 38.4 Å². The third-order valence-electron chi connectivity index (χ3n) is 2.27. The summed E-state index contributed by atoms with van der Waals surface area (Å²) in [4.78, 5) is 5.77. The molecule has 0 spiro atoms. The molecule has 2 aromatic rings. The molecule has 2 nitrogen and oxygen atoms in total. The molecular weight excluding hydrogens is 284 g/mol. The van der Waals surface area contributed by atoms with Crippen molar-refractivity contribution >= 4 is 27.3 Å². The van der Waals surface area contributed by atoms with Crippen LogP contribution in [0.5, 0.6) is 0 Å². The second kappa shape index (κ2) is 5.57. The predicted octanol–water partition coefficient (Wildman–Crippen LogP) is 3.33. The van der Waals surface area contributed by atoms with E-state index in [0.717, 1.165) is 22.4 Å². The molecule has 0 aliphatic rings. The van der Waals surface area contributed by atoms with E-state index in [1.165, 1.54) is 10.4 Å². The third-order valence-corrected chi connectivity index (χ3v) is 3.90. The third kappa shape index (κ3) is 2.90. The minimum absolute atomic E-state index is 1.00. The lowest BCUT2D eigenvalue weighted by Crippen LogP contribution is -2.09. The Morgan fingerprint density at radius 1 is 1.31 bits per heavy atom. The molecule has 1 aromatic heterocycles. The zero-order chi connectivity index (χ0) is 11.4. The van der Waals surface area contributed by atoms with Gasteiger partial charge in [0.1, 0.15) is 5.01 Å². The molecule has 0 bridgehead atoms. The summed E-state index contributed by atoms with van der Waals surface area (Å²) in [6.07, 6.45) is 3.02. The Bertz CT molecular complexity index is 450. The maximum absolute atomic E-state index is 4.44. The predicted molar refractivity (Wildman–Crippen MR) is 72.9 cm³/mol. The Morgan fingerprint density at radius 2 is 2.06 bits per heavy atom. The molecule has 84 valence electrons. The first-order valence-electron chi connectivity index (χ1n) is 5.15. The minimum atomic E-state index is 1.00. The van der Waals surface area contributed by atoms with Crippen molar-refractivity contribution in [2.24, 2.45) is 0 Å². The number of nitrogens with zero attached hydrogens (tertiary/aromatic N) is 1. The van der Waals surface area contributed by atoms with Crippen LogP contribution in [0.2, 0.25) is 0 Å². The first-order valence-corrected chi connectivity index (χ1v) is 6.76. The Balaban J connectivity index is 2.15. The first kappa shape index (κ1) is 11.8. The summed E-state index contributed by atoms with van der Waals surface area (Å²) in [5, 5.41) is 4.24. The van der Waals surface area contributed by atoms with E-state index in [4.69, 9.17) is 0 Å². The summed E-state index contributed by atoms with van der Waals surface area (Å²) in [5.74, 6) is 0. The molecule has 2 rings (SSSR count). The fraction of sp³-hybridized carbons (Fsp3) is 0.250. The molecular formula is C12H13BrN2S. The van der Waals surface area contributed by atoms with Crippen molar-refractivity contribution in [3.05, 3.63) is 39.8 Å². The van der Waals surface area contributed by atoms with Crippen molar-refractivity contribution < 1.29 is 0 Å². The van der Waals surface area contributed by atoms with Gasteiger partial charge in [0.05, 0.1) is 0 Å².